The number of ether oxygens (including phenoxy) is 1. The summed E-state index contributed by atoms with van der Waals surface area (Å²) in [5.74, 6) is -1.21. The first-order valence-corrected chi connectivity index (χ1v) is 5.90. The van der Waals surface area contributed by atoms with E-state index in [0.29, 0.717) is 12.5 Å². The van der Waals surface area contributed by atoms with Gasteiger partial charge < -0.3 is 14.9 Å². The maximum absolute atomic E-state index is 11.4. The fourth-order valence-corrected chi connectivity index (χ4v) is 1.33. The van der Waals surface area contributed by atoms with Gasteiger partial charge in [-0.3, -0.25) is 5.32 Å². The van der Waals surface area contributed by atoms with Crippen molar-refractivity contribution in [2.45, 2.75) is 20.3 Å². The van der Waals surface area contributed by atoms with Crippen LogP contribution in [-0.4, -0.2) is 28.9 Å². The molecule has 0 aliphatic carbocycles. The number of rotatable bonds is 5. The Labute approximate surface area is 111 Å². The molecule has 1 amide bonds. The molecule has 0 saturated heterocycles. The Morgan fingerprint density at radius 3 is 2.58 bits per heavy atom. The molecule has 6 nitrogen and oxygen atoms in total. The zero-order chi connectivity index (χ0) is 14.4. The minimum absolute atomic E-state index is 0.223. The van der Waals surface area contributed by atoms with Crippen molar-refractivity contribution in [2.24, 2.45) is 5.92 Å². The second kappa shape index (κ2) is 6.63. The summed E-state index contributed by atoms with van der Waals surface area (Å²) in [6.07, 6.45) is 0.125. The first kappa shape index (κ1) is 14.8. The molecule has 0 fully saturated rings. The van der Waals surface area contributed by atoms with E-state index >= 15 is 0 Å². The summed E-state index contributed by atoms with van der Waals surface area (Å²) < 4.78 is 4.93. The van der Waals surface area contributed by atoms with E-state index in [1.807, 2.05) is 13.8 Å². The van der Waals surface area contributed by atoms with Gasteiger partial charge in [0.05, 0.1) is 6.61 Å². The van der Waals surface area contributed by atoms with Crippen molar-refractivity contribution >= 4 is 17.7 Å². The van der Waals surface area contributed by atoms with Crippen LogP contribution in [0.5, 0.6) is 5.75 Å². The molecule has 1 aromatic carbocycles. The summed E-state index contributed by atoms with van der Waals surface area (Å²) in [5.41, 5.74) is 0.0516. The topological polar surface area (TPSA) is 95.9 Å². The molecule has 0 aliphatic heterocycles. The van der Waals surface area contributed by atoms with Crippen molar-refractivity contribution in [3.63, 3.8) is 0 Å². The monoisotopic (exact) mass is 267 g/mol. The lowest BCUT2D eigenvalue weighted by Gasteiger charge is -2.09. The van der Waals surface area contributed by atoms with Gasteiger partial charge in [0.25, 0.3) is 0 Å². The number of anilines is 1. The van der Waals surface area contributed by atoms with Gasteiger partial charge in [-0.05, 0) is 24.5 Å². The Balaban J connectivity index is 2.55. The highest BCUT2D eigenvalue weighted by Gasteiger charge is 2.11. The van der Waals surface area contributed by atoms with Crippen LogP contribution in [0.15, 0.2) is 18.2 Å². The molecule has 0 saturated carbocycles. The molecule has 3 N–H and O–H groups in total. The summed E-state index contributed by atoms with van der Waals surface area (Å²) in [6, 6.07) is 3.75. The number of phenols is 1. The zero-order valence-electron chi connectivity index (χ0n) is 10.8. The number of nitrogens with one attached hydrogen (secondary N) is 1. The third-order valence-corrected chi connectivity index (χ3v) is 2.40. The molecule has 0 aromatic heterocycles. The molecule has 0 unspecified atom stereocenters. The van der Waals surface area contributed by atoms with Crippen LogP contribution in [0.3, 0.4) is 0 Å². The van der Waals surface area contributed by atoms with Gasteiger partial charge in [0.1, 0.15) is 11.3 Å². The third-order valence-electron chi connectivity index (χ3n) is 2.40. The predicted octanol–water partition coefficient (Wildman–Crippen LogP) is 2.68. The lowest BCUT2D eigenvalue weighted by atomic mass is 10.1. The van der Waals surface area contributed by atoms with E-state index in [-0.39, 0.29) is 11.3 Å². The molecular formula is C13H17NO5. The minimum atomic E-state index is -1.23. The van der Waals surface area contributed by atoms with Gasteiger partial charge in [0.2, 0.25) is 0 Å². The summed E-state index contributed by atoms with van der Waals surface area (Å²) in [5, 5.41) is 20.6. The van der Waals surface area contributed by atoms with Gasteiger partial charge in [-0.15, -0.1) is 0 Å². The summed E-state index contributed by atoms with van der Waals surface area (Å²) in [6.45, 7) is 4.34. The number of carboxylic acids is 1. The number of benzene rings is 1. The molecule has 104 valence electrons. The molecule has 0 radical (unpaired) electrons. The van der Waals surface area contributed by atoms with Crippen LogP contribution in [0, 0.1) is 5.92 Å². The van der Waals surface area contributed by atoms with E-state index in [1.165, 1.54) is 12.1 Å². The molecule has 0 atom stereocenters. The van der Waals surface area contributed by atoms with E-state index in [4.69, 9.17) is 9.84 Å². The first-order chi connectivity index (χ1) is 8.90. The summed E-state index contributed by atoms with van der Waals surface area (Å²) in [4.78, 5) is 22.1. The van der Waals surface area contributed by atoms with Gasteiger partial charge in [-0.2, -0.15) is 0 Å². The Bertz CT molecular complexity index is 470. The van der Waals surface area contributed by atoms with Crippen molar-refractivity contribution in [2.75, 3.05) is 11.9 Å². The van der Waals surface area contributed by atoms with Crippen molar-refractivity contribution in [3.05, 3.63) is 23.8 Å². The molecule has 1 rings (SSSR count). The second-order valence-electron chi connectivity index (χ2n) is 4.48. The van der Waals surface area contributed by atoms with E-state index in [2.05, 4.69) is 5.32 Å². The highest BCUT2D eigenvalue weighted by molar-refractivity contribution is 5.92. The number of carbonyl (C=O) groups excluding carboxylic acids is 1. The molecule has 0 heterocycles. The van der Waals surface area contributed by atoms with Crippen molar-refractivity contribution in [1.29, 1.82) is 0 Å². The molecule has 0 aliphatic rings. The molecule has 6 heteroatoms. The van der Waals surface area contributed by atoms with Crippen LogP contribution in [0.25, 0.3) is 0 Å². The van der Waals surface area contributed by atoms with Gasteiger partial charge in [0, 0.05) is 11.8 Å². The largest absolute Gasteiger partial charge is 0.507 e. The number of carboxylic acid groups (broad SMARTS) is 1. The number of carbonyl (C=O) groups is 2. The highest BCUT2D eigenvalue weighted by atomic mass is 16.5. The number of hydrogen-bond donors (Lipinski definition) is 3. The summed E-state index contributed by atoms with van der Waals surface area (Å²) in [7, 11) is 0. The maximum atomic E-state index is 11.4. The normalized spacial score (nSPS) is 10.3. The third kappa shape index (κ3) is 4.87. The molecule has 19 heavy (non-hydrogen) atoms. The van der Waals surface area contributed by atoms with Crippen molar-refractivity contribution < 1.29 is 24.5 Å². The Morgan fingerprint density at radius 1 is 1.37 bits per heavy atom. The maximum Gasteiger partial charge on any atom is 0.411 e. The Kier molecular flexibility index (Phi) is 5.17. The zero-order valence-corrected chi connectivity index (χ0v) is 10.8. The standard InChI is InChI=1S/C13H17NO5/c1-8(2)5-6-19-13(18)14-9-3-4-10(12(16)17)11(15)7-9/h3-4,7-8,15H,5-6H2,1-2H3,(H,14,18)(H,16,17). The van der Waals surface area contributed by atoms with Crippen LogP contribution in [0.1, 0.15) is 30.6 Å². The van der Waals surface area contributed by atoms with E-state index in [1.54, 1.807) is 0 Å². The first-order valence-electron chi connectivity index (χ1n) is 5.90. The van der Waals surface area contributed by atoms with Crippen LogP contribution in [0.2, 0.25) is 0 Å². The van der Waals surface area contributed by atoms with E-state index in [0.717, 1.165) is 12.5 Å². The number of amides is 1. The number of aromatic hydroxyl groups is 1. The molecule has 0 bridgehead atoms. The van der Waals surface area contributed by atoms with Crippen LogP contribution >= 0.6 is 0 Å². The van der Waals surface area contributed by atoms with E-state index < -0.39 is 17.8 Å². The van der Waals surface area contributed by atoms with E-state index in [9.17, 15) is 14.7 Å². The fourth-order valence-electron chi connectivity index (χ4n) is 1.33. The van der Waals surface area contributed by atoms with Crippen LogP contribution in [-0.2, 0) is 4.74 Å². The van der Waals surface area contributed by atoms with Crippen molar-refractivity contribution in [1.82, 2.24) is 0 Å². The molecule has 1 aromatic rings. The smallest absolute Gasteiger partial charge is 0.411 e. The SMILES string of the molecule is CC(C)CCOC(=O)Nc1ccc(C(=O)O)c(O)c1. The van der Waals surface area contributed by atoms with Gasteiger partial charge in [-0.25, -0.2) is 9.59 Å². The van der Waals surface area contributed by atoms with Gasteiger partial charge in [-0.1, -0.05) is 13.8 Å². The molecular weight excluding hydrogens is 250 g/mol. The Hall–Kier alpha value is -2.24. The quantitative estimate of drug-likeness (QED) is 0.762. The Morgan fingerprint density at radius 2 is 2.05 bits per heavy atom. The summed E-state index contributed by atoms with van der Waals surface area (Å²) >= 11 is 0. The van der Waals surface area contributed by atoms with Crippen LogP contribution in [0.4, 0.5) is 10.5 Å². The lowest BCUT2D eigenvalue weighted by molar-refractivity contribution is 0.0693. The lowest BCUT2D eigenvalue weighted by Crippen LogP contribution is -2.15. The number of hydrogen-bond acceptors (Lipinski definition) is 4. The van der Waals surface area contributed by atoms with Crippen LogP contribution < -0.4 is 5.32 Å². The second-order valence-corrected chi connectivity index (χ2v) is 4.48. The average Bonchev–Trinajstić information content (AvgIpc) is 2.27. The fraction of sp³-hybridized carbons (Fsp3) is 0.385. The average molecular weight is 267 g/mol. The van der Waals surface area contributed by atoms with Gasteiger partial charge in [0.15, 0.2) is 0 Å². The van der Waals surface area contributed by atoms with Gasteiger partial charge >= 0.3 is 12.1 Å². The molecule has 0 spiro atoms. The predicted molar refractivity (Wildman–Crippen MR) is 69.5 cm³/mol. The number of aromatic carboxylic acids is 1. The highest BCUT2D eigenvalue weighted by Crippen LogP contribution is 2.22. The van der Waals surface area contributed by atoms with Crippen molar-refractivity contribution in [3.8, 4) is 5.75 Å². The minimum Gasteiger partial charge on any atom is -0.507 e.